The first-order valence-electron chi connectivity index (χ1n) is 5.29. The lowest BCUT2D eigenvalue weighted by atomic mass is 10.0. The summed E-state index contributed by atoms with van der Waals surface area (Å²) in [5.74, 6) is -0.498. The SMILES string of the molecule is COc1cc(C(=O)O)ccc1-c1ccccc1Cl. The van der Waals surface area contributed by atoms with Crippen molar-refractivity contribution in [3.8, 4) is 16.9 Å². The quantitative estimate of drug-likeness (QED) is 0.917. The van der Waals surface area contributed by atoms with Gasteiger partial charge in [0.15, 0.2) is 0 Å². The van der Waals surface area contributed by atoms with Crippen molar-refractivity contribution in [1.82, 2.24) is 0 Å². The van der Waals surface area contributed by atoms with Crippen LogP contribution in [0.25, 0.3) is 11.1 Å². The molecule has 0 aromatic heterocycles. The van der Waals surface area contributed by atoms with Crippen molar-refractivity contribution in [1.29, 1.82) is 0 Å². The molecule has 0 fully saturated rings. The fourth-order valence-electron chi connectivity index (χ4n) is 1.73. The van der Waals surface area contributed by atoms with Crippen molar-refractivity contribution in [3.63, 3.8) is 0 Å². The number of hydrogen-bond acceptors (Lipinski definition) is 2. The van der Waals surface area contributed by atoms with E-state index in [1.807, 2.05) is 18.2 Å². The Morgan fingerprint density at radius 3 is 2.50 bits per heavy atom. The zero-order valence-electron chi connectivity index (χ0n) is 9.68. The Balaban J connectivity index is 2.58. The molecular weight excluding hydrogens is 252 g/mol. The van der Waals surface area contributed by atoms with E-state index < -0.39 is 5.97 Å². The zero-order valence-corrected chi connectivity index (χ0v) is 10.4. The summed E-state index contributed by atoms with van der Waals surface area (Å²) < 4.78 is 5.22. The summed E-state index contributed by atoms with van der Waals surface area (Å²) >= 11 is 6.12. The molecule has 4 heteroatoms. The molecule has 92 valence electrons. The van der Waals surface area contributed by atoms with Crippen LogP contribution in [0.15, 0.2) is 42.5 Å². The van der Waals surface area contributed by atoms with Gasteiger partial charge in [0.1, 0.15) is 5.75 Å². The summed E-state index contributed by atoms with van der Waals surface area (Å²) in [4.78, 5) is 10.9. The third-order valence-electron chi connectivity index (χ3n) is 2.61. The molecule has 0 aliphatic carbocycles. The molecule has 2 rings (SSSR count). The fourth-order valence-corrected chi connectivity index (χ4v) is 1.96. The molecule has 2 aromatic carbocycles. The minimum Gasteiger partial charge on any atom is -0.496 e. The summed E-state index contributed by atoms with van der Waals surface area (Å²) in [6.45, 7) is 0. The maximum atomic E-state index is 10.9. The number of carboxylic acids is 1. The number of carbonyl (C=O) groups is 1. The van der Waals surface area contributed by atoms with Crippen LogP contribution in [-0.2, 0) is 0 Å². The highest BCUT2D eigenvalue weighted by Crippen LogP contribution is 2.35. The van der Waals surface area contributed by atoms with Gasteiger partial charge in [-0.3, -0.25) is 0 Å². The second-order valence-corrected chi connectivity index (χ2v) is 4.11. The molecule has 0 spiro atoms. The first-order chi connectivity index (χ1) is 8.63. The number of ether oxygens (including phenoxy) is 1. The smallest absolute Gasteiger partial charge is 0.335 e. The van der Waals surface area contributed by atoms with E-state index in [0.29, 0.717) is 10.8 Å². The van der Waals surface area contributed by atoms with E-state index in [2.05, 4.69) is 0 Å². The van der Waals surface area contributed by atoms with Crippen molar-refractivity contribution < 1.29 is 14.6 Å². The largest absolute Gasteiger partial charge is 0.496 e. The minimum atomic E-state index is -0.987. The van der Waals surface area contributed by atoms with Crippen molar-refractivity contribution in [2.24, 2.45) is 0 Å². The van der Waals surface area contributed by atoms with Crippen LogP contribution in [0.4, 0.5) is 0 Å². The van der Waals surface area contributed by atoms with Gasteiger partial charge in [0, 0.05) is 16.1 Å². The van der Waals surface area contributed by atoms with Crippen LogP contribution < -0.4 is 4.74 Å². The van der Waals surface area contributed by atoms with Crippen molar-refractivity contribution in [3.05, 3.63) is 53.1 Å². The van der Waals surface area contributed by atoms with Gasteiger partial charge in [-0.1, -0.05) is 29.8 Å². The summed E-state index contributed by atoms with van der Waals surface area (Å²) in [6.07, 6.45) is 0. The van der Waals surface area contributed by atoms with Crippen molar-refractivity contribution in [2.75, 3.05) is 7.11 Å². The van der Waals surface area contributed by atoms with E-state index in [1.165, 1.54) is 19.2 Å². The van der Waals surface area contributed by atoms with Crippen molar-refractivity contribution in [2.45, 2.75) is 0 Å². The highest BCUT2D eigenvalue weighted by Gasteiger charge is 2.12. The van der Waals surface area contributed by atoms with E-state index in [-0.39, 0.29) is 5.56 Å². The monoisotopic (exact) mass is 262 g/mol. The first-order valence-corrected chi connectivity index (χ1v) is 5.67. The molecule has 0 saturated carbocycles. The molecule has 0 amide bonds. The van der Waals surface area contributed by atoms with Gasteiger partial charge in [-0.15, -0.1) is 0 Å². The van der Waals surface area contributed by atoms with Crippen LogP contribution >= 0.6 is 11.6 Å². The average Bonchev–Trinajstić information content (AvgIpc) is 2.38. The van der Waals surface area contributed by atoms with E-state index in [0.717, 1.165) is 11.1 Å². The van der Waals surface area contributed by atoms with E-state index in [1.54, 1.807) is 12.1 Å². The Bertz CT molecular complexity index is 593. The summed E-state index contributed by atoms with van der Waals surface area (Å²) in [6, 6.07) is 12.1. The predicted molar refractivity (Wildman–Crippen MR) is 70.4 cm³/mol. The maximum absolute atomic E-state index is 10.9. The molecule has 3 nitrogen and oxygen atoms in total. The molecule has 0 saturated heterocycles. The van der Waals surface area contributed by atoms with E-state index >= 15 is 0 Å². The lowest BCUT2D eigenvalue weighted by Crippen LogP contribution is -1.98. The standard InChI is InChI=1S/C14H11ClO3/c1-18-13-8-9(14(16)17)6-7-11(13)10-4-2-3-5-12(10)15/h2-8H,1H3,(H,16,17). The molecule has 0 atom stereocenters. The molecular formula is C14H11ClO3. The summed E-state index contributed by atoms with van der Waals surface area (Å²) in [7, 11) is 1.50. The first kappa shape index (κ1) is 12.5. The van der Waals surface area contributed by atoms with E-state index in [4.69, 9.17) is 21.4 Å². The second kappa shape index (κ2) is 5.10. The molecule has 0 heterocycles. The van der Waals surface area contributed by atoms with Crippen LogP contribution in [0.5, 0.6) is 5.75 Å². The molecule has 1 N–H and O–H groups in total. The van der Waals surface area contributed by atoms with Crippen LogP contribution in [-0.4, -0.2) is 18.2 Å². The van der Waals surface area contributed by atoms with Gasteiger partial charge in [0.2, 0.25) is 0 Å². The second-order valence-electron chi connectivity index (χ2n) is 3.70. The molecule has 2 aromatic rings. The molecule has 0 aliphatic heterocycles. The third-order valence-corrected chi connectivity index (χ3v) is 2.94. The van der Waals surface area contributed by atoms with Gasteiger partial charge in [0.25, 0.3) is 0 Å². The Morgan fingerprint density at radius 1 is 1.17 bits per heavy atom. The number of methoxy groups -OCH3 is 1. The summed E-state index contributed by atoms with van der Waals surface area (Å²) in [5.41, 5.74) is 1.77. The molecule has 0 radical (unpaired) electrons. The summed E-state index contributed by atoms with van der Waals surface area (Å²) in [5, 5.41) is 9.54. The number of aromatic carboxylic acids is 1. The fraction of sp³-hybridized carbons (Fsp3) is 0.0714. The lowest BCUT2D eigenvalue weighted by molar-refractivity contribution is 0.0696. The molecule has 18 heavy (non-hydrogen) atoms. The Labute approximate surface area is 110 Å². The normalized spacial score (nSPS) is 10.1. The van der Waals surface area contributed by atoms with Crippen LogP contribution in [0, 0.1) is 0 Å². The molecule has 0 unspecified atom stereocenters. The van der Waals surface area contributed by atoms with Gasteiger partial charge < -0.3 is 9.84 Å². The van der Waals surface area contributed by atoms with Gasteiger partial charge in [-0.25, -0.2) is 4.79 Å². The molecule has 0 bridgehead atoms. The van der Waals surface area contributed by atoms with Gasteiger partial charge >= 0.3 is 5.97 Å². The van der Waals surface area contributed by atoms with Crippen LogP contribution in [0.3, 0.4) is 0 Å². The van der Waals surface area contributed by atoms with Crippen LogP contribution in [0.2, 0.25) is 5.02 Å². The van der Waals surface area contributed by atoms with Gasteiger partial charge in [0.05, 0.1) is 12.7 Å². The predicted octanol–water partition coefficient (Wildman–Crippen LogP) is 3.71. The molecule has 0 aliphatic rings. The third kappa shape index (κ3) is 2.31. The highest BCUT2D eigenvalue weighted by molar-refractivity contribution is 6.33. The minimum absolute atomic E-state index is 0.183. The van der Waals surface area contributed by atoms with Gasteiger partial charge in [-0.2, -0.15) is 0 Å². The highest BCUT2D eigenvalue weighted by atomic mass is 35.5. The average molecular weight is 263 g/mol. The Hall–Kier alpha value is -2.00. The number of halogens is 1. The Kier molecular flexibility index (Phi) is 3.53. The lowest BCUT2D eigenvalue weighted by Gasteiger charge is -2.10. The Morgan fingerprint density at radius 2 is 1.89 bits per heavy atom. The van der Waals surface area contributed by atoms with Crippen molar-refractivity contribution >= 4 is 17.6 Å². The van der Waals surface area contributed by atoms with Gasteiger partial charge in [-0.05, 0) is 24.3 Å². The van der Waals surface area contributed by atoms with E-state index in [9.17, 15) is 4.79 Å². The maximum Gasteiger partial charge on any atom is 0.335 e. The number of benzene rings is 2. The van der Waals surface area contributed by atoms with Crippen LogP contribution in [0.1, 0.15) is 10.4 Å². The zero-order chi connectivity index (χ0) is 13.1. The number of hydrogen-bond donors (Lipinski definition) is 1. The number of carboxylic acid groups (broad SMARTS) is 1. The number of rotatable bonds is 3. The topological polar surface area (TPSA) is 46.5 Å².